The van der Waals surface area contributed by atoms with E-state index in [4.69, 9.17) is 4.98 Å². The van der Waals surface area contributed by atoms with Gasteiger partial charge in [-0.2, -0.15) is 4.98 Å². The van der Waals surface area contributed by atoms with Gasteiger partial charge in [0.15, 0.2) is 0 Å². The zero-order valence-electron chi connectivity index (χ0n) is 21.6. The minimum atomic E-state index is -0.0887. The molecule has 0 radical (unpaired) electrons. The average molecular weight is 501 g/mol. The Morgan fingerprint density at radius 2 is 1.97 bits per heavy atom. The van der Waals surface area contributed by atoms with E-state index in [1.807, 2.05) is 24.5 Å². The van der Waals surface area contributed by atoms with Gasteiger partial charge in [-0.25, -0.2) is 9.97 Å². The first-order valence-corrected chi connectivity index (χ1v) is 14.0. The summed E-state index contributed by atoms with van der Waals surface area (Å²) in [5.74, 6) is 2.14. The summed E-state index contributed by atoms with van der Waals surface area (Å²) >= 11 is 0. The molecular weight excluding hydrogens is 464 g/mol. The number of anilines is 3. The molecule has 2 aliphatic heterocycles. The first-order valence-electron chi connectivity index (χ1n) is 14.0. The predicted molar refractivity (Wildman–Crippen MR) is 144 cm³/mol. The van der Waals surface area contributed by atoms with Crippen LogP contribution in [0.25, 0.3) is 11.0 Å². The van der Waals surface area contributed by atoms with Crippen molar-refractivity contribution in [2.24, 2.45) is 5.92 Å². The van der Waals surface area contributed by atoms with Crippen molar-refractivity contribution in [1.82, 2.24) is 29.7 Å². The van der Waals surface area contributed by atoms with Gasteiger partial charge in [0.25, 0.3) is 5.91 Å². The highest BCUT2D eigenvalue weighted by atomic mass is 16.2. The summed E-state index contributed by atoms with van der Waals surface area (Å²) in [5.41, 5.74) is 2.60. The zero-order valence-corrected chi connectivity index (χ0v) is 21.6. The highest BCUT2D eigenvalue weighted by Crippen LogP contribution is 2.40. The smallest absolute Gasteiger partial charge is 0.268 e. The van der Waals surface area contributed by atoms with E-state index in [-0.39, 0.29) is 11.4 Å². The van der Waals surface area contributed by atoms with Gasteiger partial charge in [0.1, 0.15) is 17.2 Å². The number of nitrogens with one attached hydrogen (secondary N) is 2. The topological polar surface area (TPSA) is 91.2 Å². The molecule has 1 atom stereocenters. The van der Waals surface area contributed by atoms with Gasteiger partial charge in [0, 0.05) is 50.3 Å². The number of nitrogens with zero attached hydrogens (tertiary/aromatic N) is 6. The van der Waals surface area contributed by atoms with Gasteiger partial charge in [0.2, 0.25) is 5.95 Å². The van der Waals surface area contributed by atoms with E-state index in [0.29, 0.717) is 24.2 Å². The van der Waals surface area contributed by atoms with Crippen LogP contribution in [0.3, 0.4) is 0 Å². The van der Waals surface area contributed by atoms with Gasteiger partial charge in [0.05, 0.1) is 17.4 Å². The SMILES string of the molecule is C[C@H]1CN(c2ccc(Nc3ncc4cc5n(c4n3)C3(CCCCC3)CNC5=O)nc2)CCN1CC1CC1. The molecule has 2 N–H and O–H groups in total. The standard InChI is InChI=1S/C28H36N8O/c1-19-16-35(12-11-34(19)17-20-5-6-20)22-7-8-24(29-15-22)32-27-30-14-21-13-23-26(37)31-18-28(9-3-2-4-10-28)36(23)25(21)33-27/h7-8,13-15,19-20H,2-6,9-12,16-18H2,1H3,(H,31,37)(H,29,30,32,33)/t19-/m0/s1. The van der Waals surface area contributed by atoms with Crippen LogP contribution in [0.15, 0.2) is 30.6 Å². The van der Waals surface area contributed by atoms with Gasteiger partial charge in [-0.3, -0.25) is 9.69 Å². The fourth-order valence-electron chi connectivity index (χ4n) is 6.62. The van der Waals surface area contributed by atoms with Crippen LogP contribution >= 0.6 is 0 Å². The monoisotopic (exact) mass is 500 g/mol. The lowest BCUT2D eigenvalue weighted by Gasteiger charge is -2.42. The van der Waals surface area contributed by atoms with Gasteiger partial charge >= 0.3 is 0 Å². The van der Waals surface area contributed by atoms with Crippen LogP contribution in [-0.2, 0) is 5.54 Å². The summed E-state index contributed by atoms with van der Waals surface area (Å²) in [6.45, 7) is 7.47. The Balaban J connectivity index is 1.10. The first kappa shape index (κ1) is 23.0. The molecule has 7 rings (SSSR count). The summed E-state index contributed by atoms with van der Waals surface area (Å²) in [5, 5.41) is 7.32. The van der Waals surface area contributed by atoms with Crippen molar-refractivity contribution in [3.05, 3.63) is 36.3 Å². The Hall–Kier alpha value is -3.20. The molecule has 9 nitrogen and oxygen atoms in total. The third-order valence-electron chi connectivity index (χ3n) is 8.92. The third-order valence-corrected chi connectivity index (χ3v) is 8.92. The first-order chi connectivity index (χ1) is 18.1. The Labute approximate surface area is 217 Å². The number of hydrogen-bond donors (Lipinski definition) is 2. The maximum absolute atomic E-state index is 12.7. The third kappa shape index (κ3) is 4.23. The molecule has 1 amide bonds. The Kier molecular flexibility index (Phi) is 5.57. The molecule has 0 bridgehead atoms. The van der Waals surface area contributed by atoms with E-state index in [1.165, 1.54) is 38.6 Å². The van der Waals surface area contributed by atoms with Crippen molar-refractivity contribution in [3.8, 4) is 0 Å². The van der Waals surface area contributed by atoms with Crippen LogP contribution < -0.4 is 15.5 Å². The van der Waals surface area contributed by atoms with Gasteiger partial charge in [-0.05, 0) is 56.7 Å². The van der Waals surface area contributed by atoms with Crippen LogP contribution in [-0.4, -0.2) is 69.1 Å². The molecule has 194 valence electrons. The quantitative estimate of drug-likeness (QED) is 0.549. The second-order valence-electron chi connectivity index (χ2n) is 11.6. The van der Waals surface area contributed by atoms with E-state index < -0.39 is 0 Å². The normalized spacial score (nSPS) is 23.8. The van der Waals surface area contributed by atoms with E-state index in [9.17, 15) is 4.79 Å². The number of amides is 1. The maximum atomic E-state index is 12.7. The Bertz CT molecular complexity index is 1310. The van der Waals surface area contributed by atoms with E-state index in [0.717, 1.165) is 60.9 Å². The highest BCUT2D eigenvalue weighted by Gasteiger charge is 2.41. The fourth-order valence-corrected chi connectivity index (χ4v) is 6.62. The fraction of sp³-hybridized carbons (Fsp3) is 0.571. The molecule has 5 heterocycles. The molecule has 3 aromatic heterocycles. The number of piperazine rings is 1. The molecule has 2 saturated carbocycles. The minimum absolute atomic E-state index is 0.0244. The zero-order chi connectivity index (χ0) is 25.0. The van der Waals surface area contributed by atoms with Crippen LogP contribution in [0, 0.1) is 5.92 Å². The molecule has 2 aliphatic carbocycles. The second-order valence-corrected chi connectivity index (χ2v) is 11.6. The summed E-state index contributed by atoms with van der Waals surface area (Å²) in [6.07, 6.45) is 12.3. The number of fused-ring (bicyclic) bond motifs is 4. The molecule has 3 aromatic rings. The van der Waals surface area contributed by atoms with Crippen molar-refractivity contribution in [2.75, 3.05) is 42.9 Å². The average Bonchev–Trinajstić information content (AvgIpc) is 3.65. The molecule has 9 heteroatoms. The Morgan fingerprint density at radius 3 is 2.73 bits per heavy atom. The molecule has 1 spiro atoms. The number of aromatic nitrogens is 4. The van der Waals surface area contributed by atoms with Gasteiger partial charge in [-0.15, -0.1) is 0 Å². The Morgan fingerprint density at radius 1 is 1.11 bits per heavy atom. The van der Waals surface area contributed by atoms with Gasteiger partial charge < -0.3 is 20.1 Å². The van der Waals surface area contributed by atoms with Crippen molar-refractivity contribution >= 4 is 34.4 Å². The second kappa shape index (κ2) is 8.97. The minimum Gasteiger partial charge on any atom is -0.367 e. The van der Waals surface area contributed by atoms with Crippen molar-refractivity contribution in [1.29, 1.82) is 0 Å². The molecule has 0 unspecified atom stereocenters. The number of pyridine rings is 1. The lowest BCUT2D eigenvalue weighted by atomic mass is 9.80. The van der Waals surface area contributed by atoms with Crippen molar-refractivity contribution in [3.63, 3.8) is 0 Å². The van der Waals surface area contributed by atoms with Crippen molar-refractivity contribution < 1.29 is 4.79 Å². The van der Waals surface area contributed by atoms with Crippen molar-refractivity contribution in [2.45, 2.75) is 63.5 Å². The molecule has 0 aromatic carbocycles. The predicted octanol–water partition coefficient (Wildman–Crippen LogP) is 3.89. The molecule has 3 fully saturated rings. The van der Waals surface area contributed by atoms with Gasteiger partial charge in [-0.1, -0.05) is 19.3 Å². The van der Waals surface area contributed by atoms with Crippen LogP contribution in [0.5, 0.6) is 0 Å². The largest absolute Gasteiger partial charge is 0.367 e. The lowest BCUT2D eigenvalue weighted by molar-refractivity contribution is 0.0833. The summed E-state index contributed by atoms with van der Waals surface area (Å²) in [4.78, 5) is 31.9. The molecule has 1 saturated heterocycles. The van der Waals surface area contributed by atoms with E-state index >= 15 is 0 Å². The molecule has 4 aliphatic rings. The van der Waals surface area contributed by atoms with Crippen LogP contribution in [0.1, 0.15) is 62.4 Å². The summed E-state index contributed by atoms with van der Waals surface area (Å²) in [6, 6.07) is 6.64. The molecule has 37 heavy (non-hydrogen) atoms. The number of rotatable bonds is 5. The van der Waals surface area contributed by atoms with E-state index in [2.05, 4.69) is 48.0 Å². The number of hydrogen-bond acceptors (Lipinski definition) is 7. The highest BCUT2D eigenvalue weighted by molar-refractivity contribution is 5.99. The number of carbonyl (C=O) groups is 1. The number of carbonyl (C=O) groups excluding carboxylic acids is 1. The van der Waals surface area contributed by atoms with E-state index in [1.54, 1.807) is 0 Å². The summed E-state index contributed by atoms with van der Waals surface area (Å²) in [7, 11) is 0. The maximum Gasteiger partial charge on any atom is 0.268 e. The lowest BCUT2D eigenvalue weighted by Crippen LogP contribution is -2.52. The molecular formula is C28H36N8O. The summed E-state index contributed by atoms with van der Waals surface area (Å²) < 4.78 is 2.20. The van der Waals surface area contributed by atoms with Crippen LogP contribution in [0.4, 0.5) is 17.5 Å². The van der Waals surface area contributed by atoms with Crippen LogP contribution in [0.2, 0.25) is 0 Å².